The van der Waals surface area contributed by atoms with Gasteiger partial charge in [-0.1, -0.05) is 43.0 Å². The van der Waals surface area contributed by atoms with E-state index >= 15 is 0 Å². The molecule has 1 unspecified atom stereocenters. The number of halogens is 1. The fourth-order valence-corrected chi connectivity index (χ4v) is 4.94. The van der Waals surface area contributed by atoms with E-state index in [0.29, 0.717) is 24.3 Å². The van der Waals surface area contributed by atoms with E-state index in [4.69, 9.17) is 4.98 Å². The molecule has 0 amide bonds. The standard InChI is InChI=1S/C26H31FN2O2S/c1-3-5-21(6-4-2)25(31)24(20-7-9-22(27)10-8-20)12-11-23-18-32-26(28-23)29-15-13-19(17-30)14-16-29/h3-10,18-19,24,30H,1,11-17H2,2H3/b6-4-,21-5+. The summed E-state index contributed by atoms with van der Waals surface area (Å²) < 4.78 is 13.5. The number of benzene rings is 1. The maximum Gasteiger partial charge on any atom is 0.185 e. The summed E-state index contributed by atoms with van der Waals surface area (Å²) in [7, 11) is 0. The van der Waals surface area contributed by atoms with Crippen LogP contribution in [0.5, 0.6) is 0 Å². The van der Waals surface area contributed by atoms with Gasteiger partial charge in [0.05, 0.1) is 5.69 Å². The summed E-state index contributed by atoms with van der Waals surface area (Å²) >= 11 is 1.63. The maximum absolute atomic E-state index is 13.5. The van der Waals surface area contributed by atoms with Gasteiger partial charge in [0.2, 0.25) is 0 Å². The van der Waals surface area contributed by atoms with Crippen molar-refractivity contribution in [1.82, 2.24) is 4.98 Å². The van der Waals surface area contributed by atoms with Crippen molar-refractivity contribution in [1.29, 1.82) is 0 Å². The number of anilines is 1. The maximum atomic E-state index is 13.5. The number of aryl methyl sites for hydroxylation is 1. The largest absolute Gasteiger partial charge is 0.396 e. The van der Waals surface area contributed by atoms with Crippen LogP contribution in [0.25, 0.3) is 0 Å². The van der Waals surface area contributed by atoms with Crippen LogP contribution in [0.3, 0.4) is 0 Å². The molecule has 6 heteroatoms. The highest BCUT2D eigenvalue weighted by Gasteiger charge is 2.24. The van der Waals surface area contributed by atoms with Crippen LogP contribution in [0.1, 0.15) is 43.4 Å². The fourth-order valence-electron chi connectivity index (χ4n) is 4.03. The van der Waals surface area contributed by atoms with Gasteiger partial charge in [-0.25, -0.2) is 9.37 Å². The number of ketones is 1. The summed E-state index contributed by atoms with van der Waals surface area (Å²) in [5.41, 5.74) is 2.36. The van der Waals surface area contributed by atoms with E-state index in [2.05, 4.69) is 16.9 Å². The van der Waals surface area contributed by atoms with Gasteiger partial charge in [-0.2, -0.15) is 0 Å². The molecule has 32 heavy (non-hydrogen) atoms. The number of carbonyl (C=O) groups is 1. The Bertz CT molecular complexity index is 956. The first-order valence-corrected chi connectivity index (χ1v) is 12.0. The Morgan fingerprint density at radius 1 is 1.34 bits per heavy atom. The van der Waals surface area contributed by atoms with Crippen molar-refractivity contribution in [2.45, 2.75) is 38.5 Å². The first kappa shape index (κ1) is 24.1. The minimum atomic E-state index is -0.386. The van der Waals surface area contributed by atoms with Crippen molar-refractivity contribution in [3.63, 3.8) is 0 Å². The Balaban J connectivity index is 1.74. The third-order valence-corrected chi connectivity index (χ3v) is 6.84. The molecule has 1 aromatic heterocycles. The number of rotatable bonds is 10. The van der Waals surface area contributed by atoms with Gasteiger partial charge >= 0.3 is 0 Å². The second kappa shape index (κ2) is 11.9. The van der Waals surface area contributed by atoms with Crippen LogP contribution in [-0.4, -0.2) is 35.6 Å². The van der Waals surface area contributed by atoms with Crippen molar-refractivity contribution in [2.75, 3.05) is 24.6 Å². The molecule has 1 aliphatic rings. The van der Waals surface area contributed by atoms with Crippen LogP contribution in [0.2, 0.25) is 0 Å². The van der Waals surface area contributed by atoms with E-state index in [1.54, 1.807) is 41.7 Å². The summed E-state index contributed by atoms with van der Waals surface area (Å²) in [6.45, 7) is 7.67. The number of carbonyl (C=O) groups excluding carboxylic acids is 1. The Hall–Kier alpha value is -2.57. The monoisotopic (exact) mass is 454 g/mol. The first-order valence-electron chi connectivity index (χ1n) is 11.1. The second-order valence-corrected chi connectivity index (χ2v) is 8.94. The van der Waals surface area contributed by atoms with Gasteiger partial charge in [0.1, 0.15) is 5.82 Å². The average Bonchev–Trinajstić information content (AvgIpc) is 3.29. The Kier molecular flexibility index (Phi) is 8.94. The SMILES string of the molecule is C=C/C=C(\C=C/C)C(=O)C(CCc1csc(N2CCC(CO)CC2)n1)c1ccc(F)cc1. The number of hydrogen-bond donors (Lipinski definition) is 1. The van der Waals surface area contributed by atoms with Gasteiger partial charge in [0, 0.05) is 36.6 Å². The molecule has 2 heterocycles. The Labute approximate surface area is 193 Å². The number of thiazole rings is 1. The van der Waals surface area contributed by atoms with Gasteiger partial charge < -0.3 is 10.0 Å². The molecule has 0 spiro atoms. The molecule has 1 aliphatic heterocycles. The van der Waals surface area contributed by atoms with Crippen LogP contribution in [0, 0.1) is 11.7 Å². The van der Waals surface area contributed by atoms with E-state index < -0.39 is 0 Å². The summed E-state index contributed by atoms with van der Waals surface area (Å²) in [6.07, 6.45) is 10.2. The lowest BCUT2D eigenvalue weighted by atomic mass is 9.86. The summed E-state index contributed by atoms with van der Waals surface area (Å²) in [6, 6.07) is 6.19. The van der Waals surface area contributed by atoms with Crippen LogP contribution in [0.15, 0.2) is 66.1 Å². The lowest BCUT2D eigenvalue weighted by Crippen LogP contribution is -2.34. The fraction of sp³-hybridized carbons (Fsp3) is 0.385. The molecule has 1 fully saturated rings. The number of nitrogens with zero attached hydrogens (tertiary/aromatic N) is 2. The molecule has 0 aliphatic carbocycles. The third kappa shape index (κ3) is 6.24. The van der Waals surface area contributed by atoms with E-state index in [-0.39, 0.29) is 24.1 Å². The van der Waals surface area contributed by atoms with Crippen LogP contribution >= 0.6 is 11.3 Å². The molecular weight excluding hydrogens is 423 g/mol. The third-order valence-electron chi connectivity index (χ3n) is 5.89. The average molecular weight is 455 g/mol. The van der Waals surface area contributed by atoms with Crippen LogP contribution in [0.4, 0.5) is 9.52 Å². The summed E-state index contributed by atoms with van der Waals surface area (Å²) in [5, 5.41) is 12.4. The number of Topliss-reactive ketones (excluding diaryl/α,β-unsaturated/α-hetero) is 1. The number of hydrogen-bond acceptors (Lipinski definition) is 5. The molecule has 0 radical (unpaired) electrons. The highest BCUT2D eigenvalue weighted by Crippen LogP contribution is 2.30. The van der Waals surface area contributed by atoms with Crippen molar-refractivity contribution < 1.29 is 14.3 Å². The minimum Gasteiger partial charge on any atom is -0.396 e. The van der Waals surface area contributed by atoms with Gasteiger partial charge in [0.15, 0.2) is 10.9 Å². The molecular formula is C26H31FN2O2S. The van der Waals surface area contributed by atoms with Crippen LogP contribution < -0.4 is 4.90 Å². The normalized spacial score (nSPS) is 16.5. The zero-order valence-electron chi connectivity index (χ0n) is 18.5. The highest BCUT2D eigenvalue weighted by atomic mass is 32.1. The van der Waals surface area contributed by atoms with E-state index in [9.17, 15) is 14.3 Å². The zero-order chi connectivity index (χ0) is 22.9. The molecule has 1 saturated heterocycles. The number of allylic oxidation sites excluding steroid dienone is 5. The quantitative estimate of drug-likeness (QED) is 0.382. The smallest absolute Gasteiger partial charge is 0.185 e. The minimum absolute atomic E-state index is 0.00358. The summed E-state index contributed by atoms with van der Waals surface area (Å²) in [5.74, 6) is -0.313. The molecule has 1 aromatic carbocycles. The molecule has 4 nitrogen and oxygen atoms in total. The van der Waals surface area contributed by atoms with E-state index in [1.807, 2.05) is 13.0 Å². The first-order chi connectivity index (χ1) is 15.5. The predicted molar refractivity (Wildman–Crippen MR) is 130 cm³/mol. The lowest BCUT2D eigenvalue weighted by Gasteiger charge is -2.30. The van der Waals surface area contributed by atoms with E-state index in [1.165, 1.54) is 12.1 Å². The second-order valence-electron chi connectivity index (χ2n) is 8.10. The number of piperidine rings is 1. The van der Waals surface area contributed by atoms with E-state index in [0.717, 1.165) is 42.3 Å². The van der Waals surface area contributed by atoms with Crippen molar-refractivity contribution in [2.24, 2.45) is 5.92 Å². The molecule has 3 rings (SSSR count). The molecule has 0 saturated carbocycles. The zero-order valence-corrected chi connectivity index (χ0v) is 19.4. The predicted octanol–water partition coefficient (Wildman–Crippen LogP) is 5.46. The Morgan fingerprint density at radius 2 is 2.06 bits per heavy atom. The van der Waals surface area contributed by atoms with Crippen molar-refractivity contribution in [3.05, 3.63) is 83.2 Å². The number of aliphatic hydroxyl groups excluding tert-OH is 1. The Morgan fingerprint density at radius 3 is 2.69 bits per heavy atom. The molecule has 1 N–H and O–H groups in total. The van der Waals surface area contributed by atoms with Gasteiger partial charge in [0.25, 0.3) is 0 Å². The number of aromatic nitrogens is 1. The summed E-state index contributed by atoms with van der Waals surface area (Å²) in [4.78, 5) is 20.4. The van der Waals surface area contributed by atoms with Gasteiger partial charge in [-0.15, -0.1) is 11.3 Å². The molecule has 0 bridgehead atoms. The van der Waals surface area contributed by atoms with Crippen molar-refractivity contribution in [3.8, 4) is 0 Å². The van der Waals surface area contributed by atoms with Crippen LogP contribution in [-0.2, 0) is 11.2 Å². The topological polar surface area (TPSA) is 53.4 Å². The highest BCUT2D eigenvalue weighted by molar-refractivity contribution is 7.13. The van der Waals surface area contributed by atoms with Gasteiger partial charge in [-0.05, 0) is 56.2 Å². The lowest BCUT2D eigenvalue weighted by molar-refractivity contribution is -0.116. The van der Waals surface area contributed by atoms with Crippen molar-refractivity contribution >= 4 is 22.3 Å². The molecule has 1 atom stereocenters. The number of aliphatic hydroxyl groups is 1. The molecule has 2 aromatic rings. The molecule has 170 valence electrons. The van der Waals surface area contributed by atoms with Gasteiger partial charge in [-0.3, -0.25) is 4.79 Å².